The molecular formula is C11H14N4. The normalized spacial score (nSPS) is 10.8. The first-order chi connectivity index (χ1) is 7.13. The maximum absolute atomic E-state index is 7.48. The van der Waals surface area contributed by atoms with E-state index in [-0.39, 0.29) is 5.84 Å². The number of amidine groups is 1. The molecular weight excluding hydrogens is 188 g/mol. The summed E-state index contributed by atoms with van der Waals surface area (Å²) in [6.45, 7) is 4.06. The van der Waals surface area contributed by atoms with Crippen molar-refractivity contribution in [3.63, 3.8) is 0 Å². The Hall–Kier alpha value is -1.84. The van der Waals surface area contributed by atoms with Gasteiger partial charge in [0.2, 0.25) is 0 Å². The van der Waals surface area contributed by atoms with Crippen LogP contribution in [-0.4, -0.2) is 15.2 Å². The van der Waals surface area contributed by atoms with Crippen LogP contribution >= 0.6 is 0 Å². The summed E-state index contributed by atoms with van der Waals surface area (Å²) < 4.78 is 1.99. The molecule has 0 amide bonds. The van der Waals surface area contributed by atoms with Crippen molar-refractivity contribution in [1.29, 1.82) is 5.41 Å². The Labute approximate surface area is 88.3 Å². The number of nitrogens with two attached hydrogens (primary N) is 1. The fraction of sp³-hybridized carbons (Fsp3) is 0.273. The number of hydrogen-bond donors (Lipinski definition) is 2. The Balaban J connectivity index is 2.81. The monoisotopic (exact) mass is 202 g/mol. The molecule has 2 aromatic heterocycles. The zero-order chi connectivity index (χ0) is 11.0. The molecule has 2 rings (SSSR count). The standard InChI is InChI=1S/C11H14N4/c1-3-9-14-10(11(12)13)8-6-7(2)4-5-15(8)9/h4-6H,3H2,1-2H3,(H3,12,13). The molecule has 78 valence electrons. The molecule has 0 fully saturated rings. The van der Waals surface area contributed by atoms with Gasteiger partial charge in [-0.05, 0) is 24.6 Å². The first-order valence-corrected chi connectivity index (χ1v) is 4.95. The average Bonchev–Trinajstić information content (AvgIpc) is 2.55. The highest BCUT2D eigenvalue weighted by Crippen LogP contribution is 2.14. The van der Waals surface area contributed by atoms with Crippen molar-refractivity contribution >= 4 is 11.4 Å². The lowest BCUT2D eigenvalue weighted by Gasteiger charge is -1.99. The van der Waals surface area contributed by atoms with Crippen LogP contribution in [0.2, 0.25) is 0 Å². The summed E-state index contributed by atoms with van der Waals surface area (Å²) in [6, 6.07) is 4.03. The first-order valence-electron chi connectivity index (χ1n) is 4.95. The Morgan fingerprint density at radius 3 is 2.93 bits per heavy atom. The van der Waals surface area contributed by atoms with Crippen LogP contribution in [0.4, 0.5) is 0 Å². The molecule has 4 heteroatoms. The SMILES string of the molecule is CCc1nc(C(=N)N)c2cc(C)ccn12. The Morgan fingerprint density at radius 1 is 1.60 bits per heavy atom. The van der Waals surface area contributed by atoms with Gasteiger partial charge in [-0.15, -0.1) is 0 Å². The molecule has 0 aromatic carbocycles. The predicted molar refractivity (Wildman–Crippen MR) is 60.3 cm³/mol. The van der Waals surface area contributed by atoms with E-state index < -0.39 is 0 Å². The third kappa shape index (κ3) is 1.48. The van der Waals surface area contributed by atoms with E-state index in [1.54, 1.807) is 0 Å². The summed E-state index contributed by atoms with van der Waals surface area (Å²) in [5.74, 6) is 0.966. The van der Waals surface area contributed by atoms with Gasteiger partial charge in [-0.3, -0.25) is 5.41 Å². The molecule has 0 atom stereocenters. The Morgan fingerprint density at radius 2 is 2.33 bits per heavy atom. The van der Waals surface area contributed by atoms with E-state index in [1.807, 2.05) is 36.6 Å². The van der Waals surface area contributed by atoms with Gasteiger partial charge in [0.05, 0.1) is 5.52 Å². The molecule has 15 heavy (non-hydrogen) atoms. The van der Waals surface area contributed by atoms with E-state index in [0.717, 1.165) is 23.3 Å². The van der Waals surface area contributed by atoms with Gasteiger partial charge in [0, 0.05) is 12.6 Å². The van der Waals surface area contributed by atoms with E-state index in [4.69, 9.17) is 11.1 Å². The lowest BCUT2D eigenvalue weighted by atomic mass is 10.2. The number of rotatable bonds is 2. The molecule has 0 spiro atoms. The summed E-state index contributed by atoms with van der Waals surface area (Å²) in [5, 5.41) is 7.48. The molecule has 2 heterocycles. The number of aryl methyl sites for hydroxylation is 2. The fourth-order valence-electron chi connectivity index (χ4n) is 1.70. The zero-order valence-electron chi connectivity index (χ0n) is 8.91. The highest BCUT2D eigenvalue weighted by atomic mass is 15.0. The highest BCUT2D eigenvalue weighted by molar-refractivity contribution is 5.99. The van der Waals surface area contributed by atoms with Crippen LogP contribution in [0.1, 0.15) is 24.0 Å². The van der Waals surface area contributed by atoms with Gasteiger partial charge in [0.1, 0.15) is 17.4 Å². The number of hydrogen-bond acceptors (Lipinski definition) is 2. The van der Waals surface area contributed by atoms with Gasteiger partial charge in [-0.25, -0.2) is 4.98 Å². The summed E-state index contributed by atoms with van der Waals surface area (Å²) in [5.41, 5.74) is 8.15. The minimum absolute atomic E-state index is 0.0257. The molecule has 0 unspecified atom stereocenters. The molecule has 0 aliphatic rings. The lowest BCUT2D eigenvalue weighted by Crippen LogP contribution is -2.12. The second-order valence-electron chi connectivity index (χ2n) is 3.60. The van der Waals surface area contributed by atoms with Crippen LogP contribution in [-0.2, 0) is 6.42 Å². The largest absolute Gasteiger partial charge is 0.382 e. The summed E-state index contributed by atoms with van der Waals surface area (Å²) in [7, 11) is 0. The molecule has 0 aliphatic carbocycles. The summed E-state index contributed by atoms with van der Waals surface area (Å²) in [6.07, 6.45) is 2.81. The number of nitrogens with zero attached hydrogens (tertiary/aromatic N) is 2. The molecule has 3 N–H and O–H groups in total. The third-order valence-electron chi connectivity index (χ3n) is 2.44. The number of fused-ring (bicyclic) bond motifs is 1. The van der Waals surface area contributed by atoms with Crippen LogP contribution in [0.15, 0.2) is 18.3 Å². The van der Waals surface area contributed by atoms with E-state index in [2.05, 4.69) is 4.98 Å². The number of nitrogen functional groups attached to an aromatic ring is 1. The Bertz CT molecular complexity index is 525. The average molecular weight is 202 g/mol. The predicted octanol–water partition coefficient (Wildman–Crippen LogP) is 1.49. The van der Waals surface area contributed by atoms with Crippen molar-refractivity contribution in [3.8, 4) is 0 Å². The van der Waals surface area contributed by atoms with Crippen molar-refractivity contribution in [2.75, 3.05) is 0 Å². The third-order valence-corrected chi connectivity index (χ3v) is 2.44. The van der Waals surface area contributed by atoms with Gasteiger partial charge in [-0.2, -0.15) is 0 Å². The minimum atomic E-state index is 0.0257. The lowest BCUT2D eigenvalue weighted by molar-refractivity contribution is 0.931. The fourth-order valence-corrected chi connectivity index (χ4v) is 1.70. The molecule has 2 aromatic rings. The van der Waals surface area contributed by atoms with E-state index in [1.165, 1.54) is 0 Å². The smallest absolute Gasteiger partial charge is 0.144 e. The van der Waals surface area contributed by atoms with Crippen molar-refractivity contribution in [1.82, 2.24) is 9.38 Å². The maximum atomic E-state index is 7.48. The van der Waals surface area contributed by atoms with Crippen LogP contribution < -0.4 is 5.73 Å². The van der Waals surface area contributed by atoms with Crippen molar-refractivity contribution in [2.24, 2.45) is 5.73 Å². The van der Waals surface area contributed by atoms with Gasteiger partial charge in [0.15, 0.2) is 0 Å². The Kier molecular flexibility index (Phi) is 2.19. The molecule has 0 saturated heterocycles. The van der Waals surface area contributed by atoms with Crippen molar-refractivity contribution in [3.05, 3.63) is 35.4 Å². The molecule has 0 saturated carbocycles. The molecule has 0 radical (unpaired) electrons. The molecule has 0 aliphatic heterocycles. The number of pyridine rings is 1. The van der Waals surface area contributed by atoms with Crippen LogP contribution in [0.5, 0.6) is 0 Å². The first kappa shape index (κ1) is 9.71. The topological polar surface area (TPSA) is 67.2 Å². The molecule has 0 bridgehead atoms. The maximum Gasteiger partial charge on any atom is 0.144 e. The van der Waals surface area contributed by atoms with Crippen LogP contribution in [0.25, 0.3) is 5.52 Å². The number of aromatic nitrogens is 2. The van der Waals surface area contributed by atoms with Gasteiger partial charge >= 0.3 is 0 Å². The number of nitrogens with one attached hydrogen (secondary N) is 1. The number of imidazole rings is 1. The highest BCUT2D eigenvalue weighted by Gasteiger charge is 2.11. The zero-order valence-corrected chi connectivity index (χ0v) is 8.91. The van der Waals surface area contributed by atoms with Crippen molar-refractivity contribution < 1.29 is 0 Å². The minimum Gasteiger partial charge on any atom is -0.382 e. The second kappa shape index (κ2) is 3.38. The summed E-state index contributed by atoms with van der Waals surface area (Å²) >= 11 is 0. The quantitative estimate of drug-likeness (QED) is 0.572. The van der Waals surface area contributed by atoms with E-state index in [9.17, 15) is 0 Å². The van der Waals surface area contributed by atoms with E-state index in [0.29, 0.717) is 5.69 Å². The second-order valence-corrected chi connectivity index (χ2v) is 3.60. The van der Waals surface area contributed by atoms with E-state index >= 15 is 0 Å². The van der Waals surface area contributed by atoms with Crippen LogP contribution in [0, 0.1) is 12.3 Å². The van der Waals surface area contributed by atoms with Gasteiger partial charge < -0.3 is 10.1 Å². The van der Waals surface area contributed by atoms with Crippen molar-refractivity contribution in [2.45, 2.75) is 20.3 Å². The summed E-state index contributed by atoms with van der Waals surface area (Å²) in [4.78, 5) is 4.36. The van der Waals surface area contributed by atoms with Gasteiger partial charge in [0.25, 0.3) is 0 Å². The molecule has 4 nitrogen and oxygen atoms in total. The van der Waals surface area contributed by atoms with Crippen LogP contribution in [0.3, 0.4) is 0 Å². The van der Waals surface area contributed by atoms with Gasteiger partial charge in [-0.1, -0.05) is 6.92 Å².